The van der Waals surface area contributed by atoms with Crippen LogP contribution in [0.5, 0.6) is 0 Å². The topological polar surface area (TPSA) is 120 Å². The van der Waals surface area contributed by atoms with Gasteiger partial charge in [0, 0.05) is 0 Å². The summed E-state index contributed by atoms with van der Waals surface area (Å²) in [6.45, 7) is 0. The molecule has 0 fully saturated rings. The summed E-state index contributed by atoms with van der Waals surface area (Å²) in [6.07, 6.45) is 0. The number of anilines is 1. The van der Waals surface area contributed by atoms with E-state index in [1.165, 1.54) is 18.2 Å². The highest BCUT2D eigenvalue weighted by molar-refractivity contribution is 7.91. The molecule has 20 heavy (non-hydrogen) atoms. The second kappa shape index (κ2) is 4.89. The van der Waals surface area contributed by atoms with E-state index in [1.807, 2.05) is 0 Å². The van der Waals surface area contributed by atoms with E-state index in [1.54, 1.807) is 18.2 Å². The Labute approximate surface area is 117 Å². The fourth-order valence-electron chi connectivity index (χ4n) is 1.69. The highest BCUT2D eigenvalue weighted by Crippen LogP contribution is 2.25. The van der Waals surface area contributed by atoms with Gasteiger partial charge < -0.3 is 5.73 Å². The maximum Gasteiger partial charge on any atom is 0.240 e. The highest BCUT2D eigenvalue weighted by atomic mass is 32.2. The number of sulfone groups is 1. The van der Waals surface area contributed by atoms with Crippen LogP contribution in [-0.4, -0.2) is 16.8 Å². The van der Waals surface area contributed by atoms with Crippen molar-refractivity contribution in [1.82, 2.24) is 0 Å². The van der Waals surface area contributed by atoms with Crippen LogP contribution < -0.4 is 10.9 Å². The molecule has 0 bridgehead atoms. The fourth-order valence-corrected chi connectivity index (χ4v) is 3.65. The zero-order chi connectivity index (χ0) is 15.0. The van der Waals surface area contributed by atoms with Crippen molar-refractivity contribution in [3.8, 4) is 0 Å². The van der Waals surface area contributed by atoms with Crippen LogP contribution in [0, 0.1) is 0 Å². The lowest BCUT2D eigenvalue weighted by molar-refractivity contribution is 0.593. The van der Waals surface area contributed by atoms with Gasteiger partial charge in [0.05, 0.1) is 15.5 Å². The van der Waals surface area contributed by atoms with Crippen molar-refractivity contribution in [3.05, 3.63) is 48.5 Å². The van der Waals surface area contributed by atoms with Crippen molar-refractivity contribution < 1.29 is 16.8 Å². The Bertz CT molecular complexity index is 844. The van der Waals surface area contributed by atoms with Gasteiger partial charge >= 0.3 is 0 Å². The van der Waals surface area contributed by atoms with E-state index in [9.17, 15) is 16.8 Å². The van der Waals surface area contributed by atoms with Gasteiger partial charge in [-0.1, -0.05) is 18.2 Å². The lowest BCUT2D eigenvalue weighted by Gasteiger charge is -2.08. The molecule has 106 valence electrons. The molecule has 2 aromatic rings. The van der Waals surface area contributed by atoms with Crippen molar-refractivity contribution in [2.45, 2.75) is 14.7 Å². The summed E-state index contributed by atoms with van der Waals surface area (Å²) in [5.41, 5.74) is 5.35. The maximum absolute atomic E-state index is 12.3. The van der Waals surface area contributed by atoms with Gasteiger partial charge in [-0.25, -0.2) is 22.0 Å². The highest BCUT2D eigenvalue weighted by Gasteiger charge is 2.20. The van der Waals surface area contributed by atoms with E-state index in [2.05, 4.69) is 0 Å². The van der Waals surface area contributed by atoms with Crippen LogP contribution in [0.3, 0.4) is 0 Å². The van der Waals surface area contributed by atoms with E-state index in [0.717, 1.165) is 12.1 Å². The molecule has 0 aliphatic heterocycles. The smallest absolute Gasteiger partial charge is 0.240 e. The molecule has 0 amide bonds. The van der Waals surface area contributed by atoms with Gasteiger partial charge in [0.25, 0.3) is 0 Å². The number of rotatable bonds is 3. The molecule has 0 unspecified atom stereocenters. The largest absolute Gasteiger partial charge is 0.398 e. The van der Waals surface area contributed by atoms with Crippen LogP contribution in [0.1, 0.15) is 0 Å². The van der Waals surface area contributed by atoms with Gasteiger partial charge in [-0.15, -0.1) is 0 Å². The predicted octanol–water partition coefficient (Wildman–Crippen LogP) is 0.749. The maximum atomic E-state index is 12.3. The molecule has 0 saturated carbocycles. The number of benzene rings is 2. The average molecular weight is 312 g/mol. The third-order valence-corrected chi connectivity index (χ3v) is 5.40. The average Bonchev–Trinajstić information content (AvgIpc) is 2.38. The minimum absolute atomic E-state index is 0.0893. The number of sulfonamides is 1. The first-order chi connectivity index (χ1) is 9.23. The summed E-state index contributed by atoms with van der Waals surface area (Å²) in [4.78, 5) is -0.291. The van der Waals surface area contributed by atoms with Crippen LogP contribution in [0.25, 0.3) is 0 Å². The molecule has 0 aromatic heterocycles. The van der Waals surface area contributed by atoms with Gasteiger partial charge in [0.1, 0.15) is 4.90 Å². The Morgan fingerprint density at radius 3 is 1.90 bits per heavy atom. The van der Waals surface area contributed by atoms with Crippen LogP contribution in [0.15, 0.2) is 63.2 Å². The quantitative estimate of drug-likeness (QED) is 0.810. The van der Waals surface area contributed by atoms with Crippen molar-refractivity contribution in [3.63, 3.8) is 0 Å². The molecule has 0 aliphatic rings. The molecular weight excluding hydrogens is 300 g/mol. The molecule has 2 rings (SSSR count). The standard InChI is InChI=1S/C12H12N2O4S2/c13-11-8-10(6-7-12(11)20(14,17)18)19(15,16)9-4-2-1-3-5-9/h1-8H,13H2,(H2,14,17,18). The minimum Gasteiger partial charge on any atom is -0.398 e. The first-order valence-corrected chi connectivity index (χ1v) is 8.48. The van der Waals surface area contributed by atoms with Crippen LogP contribution in [0.2, 0.25) is 0 Å². The Kier molecular flexibility index (Phi) is 3.55. The van der Waals surface area contributed by atoms with Gasteiger partial charge in [-0.05, 0) is 30.3 Å². The van der Waals surface area contributed by atoms with E-state index in [-0.39, 0.29) is 20.4 Å². The molecule has 0 atom stereocenters. The first kappa shape index (κ1) is 14.5. The Balaban J connectivity index is 2.59. The molecule has 0 radical (unpaired) electrons. The third kappa shape index (κ3) is 2.67. The van der Waals surface area contributed by atoms with Crippen molar-refractivity contribution in [2.75, 3.05) is 5.73 Å². The molecule has 4 N–H and O–H groups in total. The fraction of sp³-hybridized carbons (Fsp3) is 0. The lowest BCUT2D eigenvalue weighted by atomic mass is 10.3. The number of nitrogen functional groups attached to an aromatic ring is 1. The number of hydrogen-bond donors (Lipinski definition) is 2. The summed E-state index contributed by atoms with van der Waals surface area (Å²) < 4.78 is 47.1. The van der Waals surface area contributed by atoms with Crippen molar-refractivity contribution in [2.24, 2.45) is 5.14 Å². The number of hydrogen-bond acceptors (Lipinski definition) is 5. The molecule has 6 nitrogen and oxygen atoms in total. The van der Waals surface area contributed by atoms with Crippen molar-refractivity contribution >= 4 is 25.5 Å². The lowest BCUT2D eigenvalue weighted by Crippen LogP contribution is -2.15. The number of nitrogens with two attached hydrogens (primary N) is 2. The van der Waals surface area contributed by atoms with Gasteiger partial charge in [0.2, 0.25) is 19.9 Å². The summed E-state index contributed by atoms with van der Waals surface area (Å²) in [6, 6.07) is 11.1. The van der Waals surface area contributed by atoms with Gasteiger partial charge in [-0.3, -0.25) is 0 Å². The van der Waals surface area contributed by atoms with E-state index < -0.39 is 19.9 Å². The minimum atomic E-state index is -3.98. The summed E-state index contributed by atoms with van der Waals surface area (Å²) in [5, 5.41) is 4.97. The zero-order valence-electron chi connectivity index (χ0n) is 10.2. The zero-order valence-corrected chi connectivity index (χ0v) is 11.9. The third-order valence-electron chi connectivity index (χ3n) is 2.65. The number of primary sulfonamides is 1. The monoisotopic (exact) mass is 312 g/mol. The van der Waals surface area contributed by atoms with E-state index >= 15 is 0 Å². The normalized spacial score (nSPS) is 12.2. The molecule has 0 spiro atoms. The van der Waals surface area contributed by atoms with E-state index in [4.69, 9.17) is 10.9 Å². The molecule has 0 saturated heterocycles. The first-order valence-electron chi connectivity index (χ1n) is 5.45. The molecular formula is C12H12N2O4S2. The van der Waals surface area contributed by atoms with Crippen LogP contribution >= 0.6 is 0 Å². The van der Waals surface area contributed by atoms with Gasteiger partial charge in [0.15, 0.2) is 0 Å². The second-order valence-corrected chi connectivity index (χ2v) is 7.54. The van der Waals surface area contributed by atoms with Crippen LogP contribution in [0.4, 0.5) is 5.69 Å². The summed E-state index contributed by atoms with van der Waals surface area (Å²) in [7, 11) is -7.72. The van der Waals surface area contributed by atoms with Crippen molar-refractivity contribution in [1.29, 1.82) is 0 Å². The SMILES string of the molecule is Nc1cc(S(=O)(=O)c2ccccc2)ccc1S(N)(=O)=O. The molecule has 8 heteroatoms. The summed E-state index contributed by atoms with van der Waals surface area (Å²) in [5.74, 6) is 0. The second-order valence-electron chi connectivity index (χ2n) is 4.06. The molecule has 0 aliphatic carbocycles. The summed E-state index contributed by atoms with van der Waals surface area (Å²) >= 11 is 0. The Morgan fingerprint density at radius 2 is 1.40 bits per heavy atom. The Hall–Kier alpha value is -1.90. The van der Waals surface area contributed by atoms with Gasteiger partial charge in [-0.2, -0.15) is 0 Å². The molecule has 2 aromatic carbocycles. The Morgan fingerprint density at radius 1 is 0.800 bits per heavy atom. The van der Waals surface area contributed by atoms with E-state index in [0.29, 0.717) is 0 Å². The van der Waals surface area contributed by atoms with Crippen LogP contribution in [-0.2, 0) is 19.9 Å². The predicted molar refractivity (Wildman–Crippen MR) is 74.1 cm³/mol. The molecule has 0 heterocycles.